The lowest BCUT2D eigenvalue weighted by Gasteiger charge is -2.14. The third-order valence-electron chi connectivity index (χ3n) is 2.91. The third kappa shape index (κ3) is 3.07. The molecule has 6 heteroatoms. The summed E-state index contributed by atoms with van der Waals surface area (Å²) < 4.78 is 23.7. The zero-order valence-corrected chi connectivity index (χ0v) is 12.1. The predicted octanol–water partition coefficient (Wildman–Crippen LogP) is 2.98. The number of ether oxygens (including phenoxy) is 1. The van der Waals surface area contributed by atoms with Crippen LogP contribution in [0.25, 0.3) is 0 Å². The van der Waals surface area contributed by atoms with Gasteiger partial charge in [-0.2, -0.15) is 4.98 Å². The summed E-state index contributed by atoms with van der Waals surface area (Å²) in [7, 11) is 3.26. The van der Waals surface area contributed by atoms with E-state index in [-0.39, 0.29) is 17.5 Å². The van der Waals surface area contributed by atoms with Crippen LogP contribution in [-0.2, 0) is 6.54 Å². The summed E-state index contributed by atoms with van der Waals surface area (Å²) in [6.45, 7) is 4.46. The largest absolute Gasteiger partial charge is 0.494 e. The average Bonchev–Trinajstić information content (AvgIpc) is 2.88. The molecule has 0 aliphatic rings. The van der Waals surface area contributed by atoms with Gasteiger partial charge < -0.3 is 14.2 Å². The average molecular weight is 279 g/mol. The monoisotopic (exact) mass is 279 g/mol. The molecule has 2 aromatic rings. The molecule has 0 unspecified atom stereocenters. The fourth-order valence-electron chi connectivity index (χ4n) is 1.77. The Bertz CT molecular complexity index is 584. The molecule has 20 heavy (non-hydrogen) atoms. The molecule has 0 aliphatic heterocycles. The molecule has 0 amide bonds. The maximum absolute atomic E-state index is 13.6. The lowest BCUT2D eigenvalue weighted by molar-refractivity contribution is 0.386. The van der Waals surface area contributed by atoms with Crippen LogP contribution in [0, 0.1) is 5.82 Å². The third-order valence-corrected chi connectivity index (χ3v) is 2.91. The Morgan fingerprint density at radius 3 is 2.70 bits per heavy atom. The second kappa shape index (κ2) is 5.90. The molecule has 1 aromatic heterocycles. The first kappa shape index (κ1) is 14.3. The number of anilines is 1. The van der Waals surface area contributed by atoms with Crippen molar-refractivity contribution in [1.82, 2.24) is 10.1 Å². The molecule has 1 aromatic carbocycles. The summed E-state index contributed by atoms with van der Waals surface area (Å²) >= 11 is 0. The van der Waals surface area contributed by atoms with E-state index in [0.29, 0.717) is 18.4 Å². The van der Waals surface area contributed by atoms with Gasteiger partial charge in [-0.25, -0.2) is 4.39 Å². The van der Waals surface area contributed by atoms with Crippen LogP contribution in [-0.4, -0.2) is 24.3 Å². The van der Waals surface area contributed by atoms with Gasteiger partial charge in [0.25, 0.3) is 0 Å². The predicted molar refractivity (Wildman–Crippen MR) is 73.4 cm³/mol. The summed E-state index contributed by atoms with van der Waals surface area (Å²) in [6.07, 6.45) is 0. The fourth-order valence-corrected chi connectivity index (χ4v) is 1.77. The van der Waals surface area contributed by atoms with Gasteiger partial charge in [0.2, 0.25) is 0 Å². The van der Waals surface area contributed by atoms with E-state index in [4.69, 9.17) is 9.26 Å². The normalized spacial score (nSPS) is 10.9. The molecule has 1 heterocycles. The molecule has 0 fully saturated rings. The number of methoxy groups -OCH3 is 1. The highest BCUT2D eigenvalue weighted by molar-refractivity contribution is 5.33. The first-order chi connectivity index (χ1) is 9.51. The van der Waals surface area contributed by atoms with Gasteiger partial charge in [0, 0.05) is 19.5 Å². The van der Waals surface area contributed by atoms with Crippen LogP contribution in [0.2, 0.25) is 0 Å². The highest BCUT2D eigenvalue weighted by Gasteiger charge is 2.14. The smallest absolute Gasteiger partial charge is 0.324 e. The van der Waals surface area contributed by atoms with Crippen molar-refractivity contribution in [3.8, 4) is 5.75 Å². The minimum Gasteiger partial charge on any atom is -0.494 e. The highest BCUT2D eigenvalue weighted by atomic mass is 19.1. The van der Waals surface area contributed by atoms with Crippen LogP contribution in [0.1, 0.15) is 31.2 Å². The zero-order chi connectivity index (χ0) is 14.7. The van der Waals surface area contributed by atoms with Crippen molar-refractivity contribution in [2.75, 3.05) is 19.1 Å². The quantitative estimate of drug-likeness (QED) is 0.842. The summed E-state index contributed by atoms with van der Waals surface area (Å²) in [4.78, 5) is 6.07. The second-order valence-corrected chi connectivity index (χ2v) is 4.91. The Kier molecular flexibility index (Phi) is 4.22. The molecule has 5 nitrogen and oxygen atoms in total. The molecule has 0 radical (unpaired) electrons. The molecule has 0 atom stereocenters. The van der Waals surface area contributed by atoms with Crippen molar-refractivity contribution < 1.29 is 13.7 Å². The molecule has 108 valence electrons. The van der Waals surface area contributed by atoms with Crippen LogP contribution >= 0.6 is 0 Å². The molecule has 0 aliphatic carbocycles. The Morgan fingerprint density at radius 2 is 2.15 bits per heavy atom. The number of hydrogen-bond acceptors (Lipinski definition) is 5. The Balaban J connectivity index is 2.10. The highest BCUT2D eigenvalue weighted by Crippen LogP contribution is 2.21. The maximum atomic E-state index is 13.6. The van der Waals surface area contributed by atoms with Gasteiger partial charge in [-0.1, -0.05) is 25.1 Å². The maximum Gasteiger partial charge on any atom is 0.324 e. The van der Waals surface area contributed by atoms with Crippen LogP contribution in [0.3, 0.4) is 0 Å². The number of rotatable bonds is 5. The molecule has 2 rings (SSSR count). The summed E-state index contributed by atoms with van der Waals surface area (Å²) in [5.74, 6) is 0.718. The standard InChI is InChI=1S/C14H18FN3O2/c1-9(2)13-16-14(20-17-13)18(3)8-10-5-6-12(19-4)11(15)7-10/h5-7,9H,8H2,1-4H3. The first-order valence-corrected chi connectivity index (χ1v) is 6.38. The zero-order valence-electron chi connectivity index (χ0n) is 12.1. The van der Waals surface area contributed by atoms with Crippen LogP contribution in [0.5, 0.6) is 5.75 Å². The first-order valence-electron chi connectivity index (χ1n) is 6.38. The lowest BCUT2D eigenvalue weighted by atomic mass is 10.2. The van der Waals surface area contributed by atoms with E-state index in [2.05, 4.69) is 10.1 Å². The lowest BCUT2D eigenvalue weighted by Crippen LogP contribution is -2.17. The Hall–Kier alpha value is -2.11. The van der Waals surface area contributed by atoms with E-state index < -0.39 is 0 Å². The van der Waals surface area contributed by atoms with Crippen molar-refractivity contribution >= 4 is 6.01 Å². The Labute approximate surface area is 117 Å². The van der Waals surface area contributed by atoms with Gasteiger partial charge >= 0.3 is 6.01 Å². The van der Waals surface area contributed by atoms with Crippen LogP contribution < -0.4 is 9.64 Å². The molecule has 0 spiro atoms. The number of halogens is 1. The van der Waals surface area contributed by atoms with Gasteiger partial charge in [0.15, 0.2) is 17.4 Å². The van der Waals surface area contributed by atoms with Crippen molar-refractivity contribution in [1.29, 1.82) is 0 Å². The topological polar surface area (TPSA) is 51.4 Å². The Morgan fingerprint density at radius 1 is 1.40 bits per heavy atom. The summed E-state index contributed by atoms with van der Waals surface area (Å²) in [6, 6.07) is 5.27. The van der Waals surface area contributed by atoms with E-state index in [9.17, 15) is 4.39 Å². The number of benzene rings is 1. The van der Waals surface area contributed by atoms with Gasteiger partial charge in [0.1, 0.15) is 0 Å². The van der Waals surface area contributed by atoms with Gasteiger partial charge in [0.05, 0.1) is 7.11 Å². The van der Waals surface area contributed by atoms with Gasteiger partial charge in [-0.15, -0.1) is 0 Å². The van der Waals surface area contributed by atoms with Crippen molar-refractivity contribution in [3.05, 3.63) is 35.4 Å². The van der Waals surface area contributed by atoms with Crippen LogP contribution in [0.4, 0.5) is 10.4 Å². The van der Waals surface area contributed by atoms with Crippen molar-refractivity contribution in [2.24, 2.45) is 0 Å². The van der Waals surface area contributed by atoms with E-state index >= 15 is 0 Å². The van der Waals surface area contributed by atoms with Crippen molar-refractivity contribution in [2.45, 2.75) is 26.3 Å². The van der Waals surface area contributed by atoms with E-state index in [1.165, 1.54) is 13.2 Å². The van der Waals surface area contributed by atoms with Gasteiger partial charge in [-0.3, -0.25) is 0 Å². The molecule has 0 N–H and O–H groups in total. The number of hydrogen-bond donors (Lipinski definition) is 0. The van der Waals surface area contributed by atoms with Crippen LogP contribution in [0.15, 0.2) is 22.7 Å². The SMILES string of the molecule is COc1ccc(CN(C)c2nc(C(C)C)no2)cc1F. The minimum absolute atomic E-state index is 0.208. The van der Waals surface area contributed by atoms with E-state index in [1.54, 1.807) is 17.0 Å². The minimum atomic E-state index is -0.383. The molecular formula is C14H18FN3O2. The number of nitrogens with zero attached hydrogens (tertiary/aromatic N) is 3. The molecule has 0 saturated heterocycles. The van der Waals surface area contributed by atoms with E-state index in [1.807, 2.05) is 20.9 Å². The molecule has 0 bridgehead atoms. The summed E-state index contributed by atoms with van der Waals surface area (Å²) in [5, 5.41) is 3.90. The molecule has 0 saturated carbocycles. The second-order valence-electron chi connectivity index (χ2n) is 4.91. The van der Waals surface area contributed by atoms with Crippen molar-refractivity contribution in [3.63, 3.8) is 0 Å². The van der Waals surface area contributed by atoms with Gasteiger partial charge in [-0.05, 0) is 17.7 Å². The van der Waals surface area contributed by atoms with E-state index in [0.717, 1.165) is 5.56 Å². The fraction of sp³-hybridized carbons (Fsp3) is 0.429. The summed E-state index contributed by atoms with van der Waals surface area (Å²) in [5.41, 5.74) is 0.801. The molecular weight excluding hydrogens is 261 g/mol. The number of aromatic nitrogens is 2.